The average molecular weight is 269 g/mol. The highest BCUT2D eigenvalue weighted by Gasteiger charge is 2.23. The number of anilines is 1. The molecular weight excluding hydrogens is 250 g/mol. The van der Waals surface area contributed by atoms with E-state index in [2.05, 4.69) is 29.1 Å². The Bertz CT molecular complexity index is 632. The van der Waals surface area contributed by atoms with Crippen LogP contribution in [0, 0.1) is 6.92 Å². The number of likely N-dealkylation sites (N-methyl/N-ethyl adjacent to an activating group) is 1. The predicted octanol–water partition coefficient (Wildman–Crippen LogP) is 2.42. The predicted molar refractivity (Wildman–Crippen MR) is 80.0 cm³/mol. The number of hydrogen-bond acceptors (Lipinski definition) is 2. The van der Waals surface area contributed by atoms with Gasteiger partial charge in [-0.05, 0) is 24.6 Å². The maximum atomic E-state index is 12.6. The van der Waals surface area contributed by atoms with E-state index < -0.39 is 0 Å². The summed E-state index contributed by atoms with van der Waals surface area (Å²) in [7, 11) is 2.08. The maximum Gasteiger partial charge on any atom is 0.256 e. The zero-order valence-electron chi connectivity index (χ0n) is 11.9. The fraction of sp³-hybridized carbons (Fsp3) is 0.312. The van der Waals surface area contributed by atoms with Gasteiger partial charge in [-0.25, -0.2) is 0 Å². The van der Waals surface area contributed by atoms with Gasteiger partial charge >= 0.3 is 0 Å². The van der Waals surface area contributed by atoms with Gasteiger partial charge in [-0.15, -0.1) is 0 Å². The van der Waals surface area contributed by atoms with Crippen LogP contribution in [0.3, 0.4) is 0 Å². The average Bonchev–Trinajstić information content (AvgIpc) is 2.81. The first-order valence-corrected chi connectivity index (χ1v) is 6.89. The fourth-order valence-electron chi connectivity index (χ4n) is 2.72. The number of aromatic amines is 1. The van der Waals surface area contributed by atoms with Crippen molar-refractivity contribution >= 4 is 11.6 Å². The lowest BCUT2D eigenvalue weighted by Gasteiger charge is -2.21. The van der Waals surface area contributed by atoms with E-state index >= 15 is 0 Å². The molecule has 1 amide bonds. The second kappa shape index (κ2) is 5.04. The van der Waals surface area contributed by atoms with E-state index in [1.807, 2.05) is 36.2 Å². The highest BCUT2D eigenvalue weighted by molar-refractivity contribution is 5.95. The van der Waals surface area contributed by atoms with Gasteiger partial charge in [0, 0.05) is 44.3 Å². The van der Waals surface area contributed by atoms with E-state index in [-0.39, 0.29) is 5.91 Å². The molecule has 0 bridgehead atoms. The van der Waals surface area contributed by atoms with Crippen molar-refractivity contribution in [1.82, 2.24) is 9.88 Å². The van der Waals surface area contributed by atoms with Crippen LogP contribution in [0.25, 0.3) is 0 Å². The Hall–Kier alpha value is -2.23. The summed E-state index contributed by atoms with van der Waals surface area (Å²) >= 11 is 0. The van der Waals surface area contributed by atoms with Crippen molar-refractivity contribution in [1.29, 1.82) is 0 Å². The standard InChI is InChI=1S/C16H19N3O/c1-12-14(7-8-17-12)16(20)19-10-9-18(2)15-6-4-3-5-13(15)11-19/h3-8,17H,9-11H2,1-2H3. The molecule has 2 heterocycles. The van der Waals surface area contributed by atoms with E-state index in [0.29, 0.717) is 6.54 Å². The van der Waals surface area contributed by atoms with Crippen LogP contribution in [-0.4, -0.2) is 35.9 Å². The number of fused-ring (bicyclic) bond motifs is 1. The zero-order valence-corrected chi connectivity index (χ0v) is 11.9. The molecule has 1 aliphatic rings. The van der Waals surface area contributed by atoms with Crippen LogP contribution in [0.5, 0.6) is 0 Å². The second-order valence-electron chi connectivity index (χ2n) is 5.29. The van der Waals surface area contributed by atoms with Gasteiger partial charge in [0.05, 0.1) is 5.56 Å². The number of carbonyl (C=O) groups is 1. The van der Waals surface area contributed by atoms with Gasteiger partial charge in [-0.1, -0.05) is 18.2 Å². The summed E-state index contributed by atoms with van der Waals surface area (Å²) in [5, 5.41) is 0. The normalized spacial score (nSPS) is 14.9. The molecular formula is C16H19N3O. The third-order valence-corrected chi connectivity index (χ3v) is 3.94. The molecule has 0 spiro atoms. The Morgan fingerprint density at radius 1 is 1.20 bits per heavy atom. The molecule has 3 rings (SSSR count). The molecule has 1 aromatic carbocycles. The quantitative estimate of drug-likeness (QED) is 0.863. The van der Waals surface area contributed by atoms with E-state index in [1.165, 1.54) is 11.3 Å². The van der Waals surface area contributed by atoms with Gasteiger partial charge in [0.25, 0.3) is 5.91 Å². The Morgan fingerprint density at radius 2 is 2.00 bits per heavy atom. The largest absolute Gasteiger partial charge is 0.373 e. The molecule has 0 aliphatic carbocycles. The van der Waals surface area contributed by atoms with Crippen molar-refractivity contribution in [2.75, 3.05) is 25.0 Å². The monoisotopic (exact) mass is 269 g/mol. The molecule has 1 aliphatic heterocycles. The third-order valence-electron chi connectivity index (χ3n) is 3.94. The van der Waals surface area contributed by atoms with Gasteiger partial charge < -0.3 is 14.8 Å². The number of aryl methyl sites for hydroxylation is 1. The van der Waals surface area contributed by atoms with Crippen LogP contribution in [0.4, 0.5) is 5.69 Å². The van der Waals surface area contributed by atoms with Crippen LogP contribution >= 0.6 is 0 Å². The lowest BCUT2D eigenvalue weighted by Crippen LogP contribution is -2.34. The van der Waals surface area contributed by atoms with Gasteiger partial charge in [0.15, 0.2) is 0 Å². The van der Waals surface area contributed by atoms with Crippen LogP contribution in [0.1, 0.15) is 21.6 Å². The maximum absolute atomic E-state index is 12.6. The molecule has 1 N–H and O–H groups in total. The van der Waals surface area contributed by atoms with Crippen molar-refractivity contribution < 1.29 is 4.79 Å². The van der Waals surface area contributed by atoms with Crippen molar-refractivity contribution in [3.63, 3.8) is 0 Å². The smallest absolute Gasteiger partial charge is 0.256 e. The fourth-order valence-corrected chi connectivity index (χ4v) is 2.72. The highest BCUT2D eigenvalue weighted by Crippen LogP contribution is 2.24. The number of amides is 1. The van der Waals surface area contributed by atoms with Crippen molar-refractivity contribution in [3.8, 4) is 0 Å². The molecule has 0 unspecified atom stereocenters. The van der Waals surface area contributed by atoms with E-state index in [1.54, 1.807) is 0 Å². The third kappa shape index (κ3) is 2.18. The summed E-state index contributed by atoms with van der Waals surface area (Å²) in [5.74, 6) is 0.105. The van der Waals surface area contributed by atoms with Gasteiger partial charge in [-0.3, -0.25) is 4.79 Å². The number of rotatable bonds is 1. The SMILES string of the molecule is Cc1[nH]ccc1C(=O)N1CCN(C)c2ccccc2C1. The van der Waals surface area contributed by atoms with E-state index in [9.17, 15) is 4.79 Å². The summed E-state index contributed by atoms with van der Waals surface area (Å²) in [6, 6.07) is 10.1. The first-order chi connectivity index (χ1) is 9.66. The molecule has 0 atom stereocenters. The number of benzene rings is 1. The number of hydrogen-bond donors (Lipinski definition) is 1. The summed E-state index contributed by atoms with van der Waals surface area (Å²) in [6.07, 6.45) is 1.82. The number of para-hydroxylation sites is 1. The van der Waals surface area contributed by atoms with Gasteiger partial charge in [-0.2, -0.15) is 0 Å². The van der Waals surface area contributed by atoms with Gasteiger partial charge in [0.1, 0.15) is 0 Å². The summed E-state index contributed by atoms with van der Waals surface area (Å²) < 4.78 is 0. The van der Waals surface area contributed by atoms with E-state index in [0.717, 1.165) is 24.3 Å². The molecule has 104 valence electrons. The number of aromatic nitrogens is 1. The molecule has 0 radical (unpaired) electrons. The Morgan fingerprint density at radius 3 is 2.75 bits per heavy atom. The molecule has 1 aromatic heterocycles. The Labute approximate surface area is 119 Å². The van der Waals surface area contributed by atoms with Gasteiger partial charge in [0.2, 0.25) is 0 Å². The van der Waals surface area contributed by atoms with E-state index in [4.69, 9.17) is 0 Å². The number of nitrogens with one attached hydrogen (secondary N) is 1. The number of carbonyl (C=O) groups excluding carboxylic acids is 1. The lowest BCUT2D eigenvalue weighted by molar-refractivity contribution is 0.0751. The molecule has 0 saturated heterocycles. The highest BCUT2D eigenvalue weighted by atomic mass is 16.2. The molecule has 20 heavy (non-hydrogen) atoms. The molecule has 0 saturated carbocycles. The minimum Gasteiger partial charge on any atom is -0.373 e. The number of nitrogens with zero attached hydrogens (tertiary/aromatic N) is 2. The summed E-state index contributed by atoms with van der Waals surface area (Å²) in [4.78, 5) is 19.9. The lowest BCUT2D eigenvalue weighted by atomic mass is 10.1. The molecule has 4 heteroatoms. The van der Waals surface area contributed by atoms with Crippen molar-refractivity contribution in [3.05, 3.63) is 53.3 Å². The van der Waals surface area contributed by atoms with Crippen LogP contribution in [-0.2, 0) is 6.54 Å². The second-order valence-corrected chi connectivity index (χ2v) is 5.29. The molecule has 0 fully saturated rings. The van der Waals surface area contributed by atoms with Crippen molar-refractivity contribution in [2.45, 2.75) is 13.5 Å². The minimum absolute atomic E-state index is 0.105. The number of H-pyrrole nitrogens is 1. The topological polar surface area (TPSA) is 39.3 Å². The van der Waals surface area contributed by atoms with Crippen LogP contribution < -0.4 is 4.90 Å². The first-order valence-electron chi connectivity index (χ1n) is 6.89. The Balaban J connectivity index is 1.90. The summed E-state index contributed by atoms with van der Waals surface area (Å²) in [5.41, 5.74) is 4.12. The zero-order chi connectivity index (χ0) is 14.1. The Kier molecular flexibility index (Phi) is 3.22. The molecule has 4 nitrogen and oxygen atoms in total. The van der Waals surface area contributed by atoms with Crippen LogP contribution in [0.2, 0.25) is 0 Å². The summed E-state index contributed by atoms with van der Waals surface area (Å²) in [6.45, 7) is 4.20. The first kappa shape index (κ1) is 12.8. The molecule has 2 aromatic rings. The van der Waals surface area contributed by atoms with Crippen molar-refractivity contribution in [2.24, 2.45) is 0 Å². The minimum atomic E-state index is 0.105. The van der Waals surface area contributed by atoms with Crippen LogP contribution in [0.15, 0.2) is 36.5 Å².